The van der Waals surface area contributed by atoms with Crippen LogP contribution in [0.25, 0.3) is 0 Å². The highest BCUT2D eigenvalue weighted by Gasteiger charge is 2.19. The molecule has 0 spiro atoms. The SMILES string of the molecule is CC1CCCC(Nc2n[nH]c(N)n2)C1. The van der Waals surface area contributed by atoms with Crippen molar-refractivity contribution in [2.24, 2.45) is 5.92 Å². The minimum atomic E-state index is 0.372. The quantitative estimate of drug-likeness (QED) is 0.666. The topological polar surface area (TPSA) is 79.6 Å². The van der Waals surface area contributed by atoms with Crippen molar-refractivity contribution in [1.82, 2.24) is 15.2 Å². The van der Waals surface area contributed by atoms with Crippen molar-refractivity contribution in [3.8, 4) is 0 Å². The zero-order valence-electron chi connectivity index (χ0n) is 8.45. The van der Waals surface area contributed by atoms with Crippen LogP contribution in [0.1, 0.15) is 32.6 Å². The first-order valence-corrected chi connectivity index (χ1v) is 5.18. The average molecular weight is 195 g/mol. The first-order chi connectivity index (χ1) is 6.74. The van der Waals surface area contributed by atoms with Gasteiger partial charge in [0.2, 0.25) is 11.9 Å². The molecule has 1 aliphatic rings. The summed E-state index contributed by atoms with van der Waals surface area (Å²) in [6.45, 7) is 2.29. The van der Waals surface area contributed by atoms with E-state index in [-0.39, 0.29) is 0 Å². The molecule has 1 aromatic heterocycles. The fourth-order valence-electron chi connectivity index (χ4n) is 2.09. The number of rotatable bonds is 2. The molecular formula is C9H17N5. The van der Waals surface area contributed by atoms with Gasteiger partial charge in [-0.2, -0.15) is 4.98 Å². The van der Waals surface area contributed by atoms with Gasteiger partial charge < -0.3 is 11.1 Å². The molecule has 1 fully saturated rings. The van der Waals surface area contributed by atoms with Crippen LogP contribution in [-0.2, 0) is 0 Å². The van der Waals surface area contributed by atoms with Crippen molar-refractivity contribution < 1.29 is 0 Å². The molecule has 2 atom stereocenters. The molecule has 5 nitrogen and oxygen atoms in total. The normalized spacial score (nSPS) is 27.5. The first-order valence-electron chi connectivity index (χ1n) is 5.18. The van der Waals surface area contributed by atoms with Gasteiger partial charge in [-0.05, 0) is 18.8 Å². The van der Waals surface area contributed by atoms with Gasteiger partial charge in [-0.15, -0.1) is 5.10 Å². The Kier molecular flexibility index (Phi) is 2.56. The lowest BCUT2D eigenvalue weighted by Crippen LogP contribution is -2.26. The molecule has 0 aliphatic heterocycles. The monoisotopic (exact) mass is 195 g/mol. The highest BCUT2D eigenvalue weighted by molar-refractivity contribution is 5.30. The maximum absolute atomic E-state index is 5.44. The van der Waals surface area contributed by atoms with Gasteiger partial charge in [0.1, 0.15) is 0 Å². The number of hydrogen-bond donors (Lipinski definition) is 3. The minimum absolute atomic E-state index is 0.372. The molecule has 0 aromatic carbocycles. The van der Waals surface area contributed by atoms with Gasteiger partial charge in [0.15, 0.2) is 0 Å². The first kappa shape index (κ1) is 9.30. The Morgan fingerprint density at radius 3 is 3.00 bits per heavy atom. The number of nitrogens with two attached hydrogens (primary N) is 1. The molecule has 14 heavy (non-hydrogen) atoms. The van der Waals surface area contributed by atoms with E-state index in [1.54, 1.807) is 0 Å². The lowest BCUT2D eigenvalue weighted by Gasteiger charge is -2.26. The van der Waals surface area contributed by atoms with Crippen molar-refractivity contribution in [2.45, 2.75) is 38.6 Å². The van der Waals surface area contributed by atoms with Crippen molar-refractivity contribution in [3.05, 3.63) is 0 Å². The largest absolute Gasteiger partial charge is 0.368 e. The van der Waals surface area contributed by atoms with Gasteiger partial charge in [-0.1, -0.05) is 19.8 Å². The predicted molar refractivity (Wildman–Crippen MR) is 55.8 cm³/mol. The summed E-state index contributed by atoms with van der Waals surface area (Å²) in [6, 6.07) is 0.508. The number of anilines is 2. The average Bonchev–Trinajstić information content (AvgIpc) is 2.51. The minimum Gasteiger partial charge on any atom is -0.368 e. The Balaban J connectivity index is 1.90. The summed E-state index contributed by atoms with van der Waals surface area (Å²) in [4.78, 5) is 4.03. The number of hydrogen-bond acceptors (Lipinski definition) is 4. The summed E-state index contributed by atoms with van der Waals surface area (Å²) in [7, 11) is 0. The fourth-order valence-corrected chi connectivity index (χ4v) is 2.09. The third-order valence-electron chi connectivity index (χ3n) is 2.77. The van der Waals surface area contributed by atoms with Crippen LogP contribution >= 0.6 is 0 Å². The highest BCUT2D eigenvalue weighted by Crippen LogP contribution is 2.25. The molecule has 4 N–H and O–H groups in total. The molecule has 0 bridgehead atoms. The van der Waals surface area contributed by atoms with E-state index in [0.717, 1.165) is 5.92 Å². The van der Waals surface area contributed by atoms with Gasteiger partial charge in [0.05, 0.1) is 0 Å². The van der Waals surface area contributed by atoms with Crippen molar-refractivity contribution in [1.29, 1.82) is 0 Å². The molecule has 2 rings (SSSR count). The maximum Gasteiger partial charge on any atom is 0.243 e. The Bertz CT molecular complexity index is 295. The Morgan fingerprint density at radius 2 is 2.36 bits per heavy atom. The van der Waals surface area contributed by atoms with E-state index in [2.05, 4.69) is 27.4 Å². The van der Waals surface area contributed by atoms with E-state index >= 15 is 0 Å². The summed E-state index contributed by atoms with van der Waals surface area (Å²) in [5, 5.41) is 9.88. The second kappa shape index (κ2) is 3.86. The summed E-state index contributed by atoms with van der Waals surface area (Å²) in [6.07, 6.45) is 5.04. The lowest BCUT2D eigenvalue weighted by molar-refractivity contribution is 0.358. The highest BCUT2D eigenvalue weighted by atomic mass is 15.3. The second-order valence-corrected chi connectivity index (χ2v) is 4.16. The number of nitrogen functional groups attached to an aromatic ring is 1. The van der Waals surface area contributed by atoms with Crippen LogP contribution in [0.15, 0.2) is 0 Å². The van der Waals surface area contributed by atoms with Gasteiger partial charge in [-0.3, -0.25) is 0 Å². The van der Waals surface area contributed by atoms with E-state index in [9.17, 15) is 0 Å². The predicted octanol–water partition coefficient (Wildman–Crippen LogP) is 1.38. The van der Waals surface area contributed by atoms with Crippen molar-refractivity contribution >= 4 is 11.9 Å². The molecule has 1 saturated carbocycles. The second-order valence-electron chi connectivity index (χ2n) is 4.16. The van der Waals surface area contributed by atoms with E-state index in [4.69, 9.17) is 5.73 Å². The molecule has 78 valence electrons. The van der Waals surface area contributed by atoms with Crippen molar-refractivity contribution in [3.63, 3.8) is 0 Å². The Hall–Kier alpha value is -1.26. The van der Waals surface area contributed by atoms with Crippen LogP contribution in [0.5, 0.6) is 0 Å². The van der Waals surface area contributed by atoms with Gasteiger partial charge >= 0.3 is 0 Å². The van der Waals surface area contributed by atoms with E-state index in [1.807, 2.05) is 0 Å². The van der Waals surface area contributed by atoms with Gasteiger partial charge in [0, 0.05) is 6.04 Å². The summed E-state index contributed by atoms with van der Waals surface area (Å²) in [5.41, 5.74) is 5.44. The number of H-pyrrole nitrogens is 1. The molecule has 2 unspecified atom stereocenters. The smallest absolute Gasteiger partial charge is 0.243 e. The van der Waals surface area contributed by atoms with E-state index in [1.165, 1.54) is 25.7 Å². The number of nitrogens with one attached hydrogen (secondary N) is 2. The standard InChI is InChI=1S/C9H17N5/c1-6-3-2-4-7(5-6)11-9-12-8(10)13-14-9/h6-7H,2-5H2,1H3,(H4,10,11,12,13,14). The Labute approximate surface area is 83.5 Å². The number of aromatic nitrogens is 3. The van der Waals surface area contributed by atoms with E-state index < -0.39 is 0 Å². The van der Waals surface area contributed by atoms with Crippen LogP contribution in [-0.4, -0.2) is 21.2 Å². The van der Waals surface area contributed by atoms with Gasteiger partial charge in [0.25, 0.3) is 0 Å². The van der Waals surface area contributed by atoms with Crippen LogP contribution in [0, 0.1) is 5.92 Å². The number of aromatic amines is 1. The van der Waals surface area contributed by atoms with Crippen LogP contribution in [0.4, 0.5) is 11.9 Å². The van der Waals surface area contributed by atoms with Crippen LogP contribution in [0.2, 0.25) is 0 Å². The number of nitrogens with zero attached hydrogens (tertiary/aromatic N) is 2. The molecule has 0 radical (unpaired) electrons. The van der Waals surface area contributed by atoms with Crippen LogP contribution < -0.4 is 11.1 Å². The Morgan fingerprint density at radius 1 is 1.50 bits per heavy atom. The zero-order valence-corrected chi connectivity index (χ0v) is 8.45. The fraction of sp³-hybridized carbons (Fsp3) is 0.778. The molecule has 5 heteroatoms. The molecule has 0 saturated heterocycles. The molecule has 1 heterocycles. The van der Waals surface area contributed by atoms with Crippen LogP contribution in [0.3, 0.4) is 0 Å². The molecule has 1 aliphatic carbocycles. The third-order valence-corrected chi connectivity index (χ3v) is 2.77. The zero-order chi connectivity index (χ0) is 9.97. The third kappa shape index (κ3) is 2.16. The molecule has 1 aromatic rings. The van der Waals surface area contributed by atoms with Crippen molar-refractivity contribution in [2.75, 3.05) is 11.1 Å². The van der Waals surface area contributed by atoms with E-state index in [0.29, 0.717) is 17.9 Å². The summed E-state index contributed by atoms with van der Waals surface area (Å²) < 4.78 is 0. The lowest BCUT2D eigenvalue weighted by atomic mass is 9.87. The molecular weight excluding hydrogens is 178 g/mol. The van der Waals surface area contributed by atoms with Gasteiger partial charge in [-0.25, -0.2) is 5.10 Å². The maximum atomic E-state index is 5.44. The molecule has 0 amide bonds. The summed E-state index contributed by atoms with van der Waals surface area (Å²) in [5.74, 6) is 1.80. The summed E-state index contributed by atoms with van der Waals surface area (Å²) >= 11 is 0.